The molecule has 2 aromatic rings. The average Bonchev–Trinajstić information content (AvgIpc) is 2.66. The van der Waals surface area contributed by atoms with Crippen molar-refractivity contribution in [3.05, 3.63) is 53.6 Å². The van der Waals surface area contributed by atoms with E-state index < -0.39 is 18.0 Å². The van der Waals surface area contributed by atoms with Gasteiger partial charge in [0.25, 0.3) is 5.91 Å². The molecule has 0 aliphatic carbocycles. The van der Waals surface area contributed by atoms with E-state index in [4.69, 9.17) is 14.2 Å². The highest BCUT2D eigenvalue weighted by Crippen LogP contribution is 2.27. The molecule has 28 heavy (non-hydrogen) atoms. The number of amides is 1. The summed E-state index contributed by atoms with van der Waals surface area (Å²) in [6.07, 6.45) is -0.969. The van der Waals surface area contributed by atoms with Crippen LogP contribution in [0.4, 0.5) is 5.69 Å². The van der Waals surface area contributed by atoms with E-state index in [0.29, 0.717) is 17.2 Å². The van der Waals surface area contributed by atoms with Crippen molar-refractivity contribution in [2.45, 2.75) is 39.7 Å². The number of esters is 1. The van der Waals surface area contributed by atoms with Gasteiger partial charge >= 0.3 is 5.97 Å². The lowest BCUT2D eigenvalue weighted by Crippen LogP contribution is -2.31. The average molecular weight is 385 g/mol. The molecule has 2 rings (SSSR count). The monoisotopic (exact) mass is 385 g/mol. The SMILES string of the molecule is COc1ccccc1NC(=O)[C@H](C)OC(=O)COc1cc(C)ccc1C(C)C. The Kier molecular flexibility index (Phi) is 7.44. The first-order valence-corrected chi connectivity index (χ1v) is 9.18. The van der Waals surface area contributed by atoms with Crippen LogP contribution in [-0.4, -0.2) is 31.7 Å². The van der Waals surface area contributed by atoms with Crippen LogP contribution in [0.3, 0.4) is 0 Å². The molecule has 0 fully saturated rings. The van der Waals surface area contributed by atoms with Crippen molar-refractivity contribution in [3.63, 3.8) is 0 Å². The molecule has 0 unspecified atom stereocenters. The second kappa shape index (κ2) is 9.78. The molecule has 0 bridgehead atoms. The van der Waals surface area contributed by atoms with Crippen LogP contribution in [0.1, 0.15) is 37.8 Å². The summed E-state index contributed by atoms with van der Waals surface area (Å²) in [5.41, 5.74) is 2.56. The van der Waals surface area contributed by atoms with Gasteiger partial charge in [-0.15, -0.1) is 0 Å². The van der Waals surface area contributed by atoms with Crippen LogP contribution < -0.4 is 14.8 Å². The fourth-order valence-corrected chi connectivity index (χ4v) is 2.65. The number of carbonyl (C=O) groups is 2. The van der Waals surface area contributed by atoms with E-state index in [0.717, 1.165) is 11.1 Å². The van der Waals surface area contributed by atoms with E-state index in [2.05, 4.69) is 19.2 Å². The van der Waals surface area contributed by atoms with Gasteiger partial charge in [0.15, 0.2) is 12.7 Å². The molecule has 2 aromatic carbocycles. The van der Waals surface area contributed by atoms with Crippen LogP contribution in [0.15, 0.2) is 42.5 Å². The maximum atomic E-state index is 12.3. The molecular formula is C22H27NO5. The summed E-state index contributed by atoms with van der Waals surface area (Å²) in [4.78, 5) is 24.4. The van der Waals surface area contributed by atoms with Gasteiger partial charge in [0.2, 0.25) is 0 Å². The van der Waals surface area contributed by atoms with Gasteiger partial charge in [0, 0.05) is 0 Å². The predicted molar refractivity (Wildman–Crippen MR) is 108 cm³/mol. The summed E-state index contributed by atoms with van der Waals surface area (Å²) in [5, 5.41) is 2.69. The minimum atomic E-state index is -0.969. The number of aryl methyl sites for hydroxylation is 1. The zero-order chi connectivity index (χ0) is 20.7. The van der Waals surface area contributed by atoms with Gasteiger partial charge in [0.1, 0.15) is 11.5 Å². The van der Waals surface area contributed by atoms with Crippen molar-refractivity contribution in [1.29, 1.82) is 0 Å². The van der Waals surface area contributed by atoms with Gasteiger partial charge in [-0.2, -0.15) is 0 Å². The fourth-order valence-electron chi connectivity index (χ4n) is 2.65. The highest BCUT2D eigenvalue weighted by atomic mass is 16.6. The molecule has 150 valence electrons. The van der Waals surface area contributed by atoms with Crippen molar-refractivity contribution in [3.8, 4) is 11.5 Å². The standard InChI is InChI=1S/C22H27NO5/c1-14(2)17-11-10-15(3)12-20(17)27-13-21(24)28-16(4)22(25)23-18-8-6-7-9-19(18)26-5/h6-12,14,16H,13H2,1-5H3,(H,23,25)/t16-/m0/s1. The number of ether oxygens (including phenoxy) is 3. The van der Waals surface area contributed by atoms with E-state index in [1.165, 1.54) is 14.0 Å². The van der Waals surface area contributed by atoms with Gasteiger partial charge in [-0.3, -0.25) is 4.79 Å². The smallest absolute Gasteiger partial charge is 0.344 e. The van der Waals surface area contributed by atoms with Gasteiger partial charge in [0.05, 0.1) is 12.8 Å². The van der Waals surface area contributed by atoms with Crippen LogP contribution in [0, 0.1) is 6.92 Å². The number of rotatable bonds is 8. The van der Waals surface area contributed by atoms with E-state index in [9.17, 15) is 9.59 Å². The minimum absolute atomic E-state index is 0.261. The zero-order valence-electron chi connectivity index (χ0n) is 16.9. The van der Waals surface area contributed by atoms with Crippen molar-refractivity contribution in [2.75, 3.05) is 19.0 Å². The summed E-state index contributed by atoms with van der Waals surface area (Å²) in [6.45, 7) is 7.31. The fraction of sp³-hybridized carbons (Fsp3) is 0.364. The molecule has 1 atom stereocenters. The van der Waals surface area contributed by atoms with Crippen molar-refractivity contribution in [2.24, 2.45) is 0 Å². The molecule has 0 aliphatic rings. The summed E-state index contributed by atoms with van der Waals surface area (Å²) in [7, 11) is 1.52. The molecule has 0 heterocycles. The highest BCUT2D eigenvalue weighted by Gasteiger charge is 2.20. The van der Waals surface area contributed by atoms with Crippen LogP contribution in [0.2, 0.25) is 0 Å². The van der Waals surface area contributed by atoms with Crippen LogP contribution in [-0.2, 0) is 14.3 Å². The molecule has 0 spiro atoms. The second-order valence-corrected chi connectivity index (χ2v) is 6.81. The van der Waals surface area contributed by atoms with Gasteiger partial charge in [-0.05, 0) is 49.1 Å². The number of hydrogen-bond donors (Lipinski definition) is 1. The number of para-hydroxylation sites is 2. The Morgan fingerprint density at radius 2 is 1.75 bits per heavy atom. The molecule has 0 aromatic heterocycles. The van der Waals surface area contributed by atoms with Crippen LogP contribution in [0.5, 0.6) is 11.5 Å². The molecular weight excluding hydrogens is 358 g/mol. The number of methoxy groups -OCH3 is 1. The summed E-state index contributed by atoms with van der Waals surface area (Å²) in [5.74, 6) is 0.379. The number of nitrogens with one attached hydrogen (secondary N) is 1. The number of anilines is 1. The van der Waals surface area contributed by atoms with E-state index in [-0.39, 0.29) is 12.5 Å². The lowest BCUT2D eigenvalue weighted by Gasteiger charge is -2.17. The maximum Gasteiger partial charge on any atom is 0.344 e. The molecule has 6 nitrogen and oxygen atoms in total. The Balaban J connectivity index is 1.92. The van der Waals surface area contributed by atoms with Gasteiger partial charge in [-0.1, -0.05) is 38.1 Å². The Bertz CT molecular complexity index is 831. The summed E-state index contributed by atoms with van der Waals surface area (Å²) in [6, 6.07) is 12.9. The third kappa shape index (κ3) is 5.74. The first-order chi connectivity index (χ1) is 13.3. The molecule has 1 amide bonds. The van der Waals surface area contributed by atoms with Crippen LogP contribution >= 0.6 is 0 Å². The number of carbonyl (C=O) groups excluding carboxylic acids is 2. The molecule has 0 saturated heterocycles. The number of hydrogen-bond acceptors (Lipinski definition) is 5. The quantitative estimate of drug-likeness (QED) is 0.693. The first kappa shape index (κ1) is 21.3. The zero-order valence-corrected chi connectivity index (χ0v) is 16.9. The van der Waals surface area contributed by atoms with Crippen molar-refractivity contribution < 1.29 is 23.8 Å². The first-order valence-electron chi connectivity index (χ1n) is 9.18. The molecule has 0 saturated carbocycles. The largest absolute Gasteiger partial charge is 0.495 e. The summed E-state index contributed by atoms with van der Waals surface area (Å²) < 4.78 is 16.0. The lowest BCUT2D eigenvalue weighted by atomic mass is 10.0. The van der Waals surface area contributed by atoms with E-state index >= 15 is 0 Å². The normalized spacial score (nSPS) is 11.6. The molecule has 0 radical (unpaired) electrons. The van der Waals surface area contributed by atoms with Crippen LogP contribution in [0.25, 0.3) is 0 Å². The van der Waals surface area contributed by atoms with E-state index in [1.807, 2.05) is 25.1 Å². The predicted octanol–water partition coefficient (Wildman–Crippen LogP) is 4.08. The lowest BCUT2D eigenvalue weighted by molar-refractivity contribution is -0.155. The Hall–Kier alpha value is -3.02. The molecule has 1 N–H and O–H groups in total. The van der Waals surface area contributed by atoms with Gasteiger partial charge < -0.3 is 19.5 Å². The van der Waals surface area contributed by atoms with Gasteiger partial charge in [-0.25, -0.2) is 4.79 Å². The second-order valence-electron chi connectivity index (χ2n) is 6.81. The molecule has 6 heteroatoms. The maximum absolute atomic E-state index is 12.3. The minimum Gasteiger partial charge on any atom is -0.495 e. The number of benzene rings is 2. The Morgan fingerprint density at radius 3 is 2.43 bits per heavy atom. The third-order valence-corrected chi connectivity index (χ3v) is 4.18. The van der Waals surface area contributed by atoms with Crippen molar-refractivity contribution in [1.82, 2.24) is 0 Å². The topological polar surface area (TPSA) is 73.9 Å². The summed E-state index contributed by atoms with van der Waals surface area (Å²) >= 11 is 0. The molecule has 0 aliphatic heterocycles. The van der Waals surface area contributed by atoms with Crippen molar-refractivity contribution >= 4 is 17.6 Å². The Morgan fingerprint density at radius 1 is 1.04 bits per heavy atom. The highest BCUT2D eigenvalue weighted by molar-refractivity contribution is 5.96. The third-order valence-electron chi connectivity index (χ3n) is 4.18. The Labute approximate surface area is 165 Å². The van der Waals surface area contributed by atoms with E-state index in [1.54, 1.807) is 24.3 Å².